The van der Waals surface area contributed by atoms with Gasteiger partial charge in [-0.05, 0) is 35.9 Å². The molecule has 1 amide bonds. The lowest BCUT2D eigenvalue weighted by molar-refractivity contribution is -0.118. The molecule has 0 saturated carbocycles. The monoisotopic (exact) mass is 426 g/mol. The van der Waals surface area contributed by atoms with Gasteiger partial charge >= 0.3 is 0 Å². The Hall–Kier alpha value is -1.50. The van der Waals surface area contributed by atoms with Crippen LogP contribution in [-0.2, 0) is 10.5 Å². The molecule has 0 bridgehead atoms. The van der Waals surface area contributed by atoms with Gasteiger partial charge in [0.25, 0.3) is 0 Å². The van der Waals surface area contributed by atoms with Gasteiger partial charge in [0.15, 0.2) is 0 Å². The van der Waals surface area contributed by atoms with E-state index in [4.69, 9.17) is 16.3 Å². The lowest BCUT2D eigenvalue weighted by Crippen LogP contribution is -2.19. The molecule has 4 nitrogen and oxygen atoms in total. The van der Waals surface area contributed by atoms with Gasteiger partial charge in [0.05, 0.1) is 19.1 Å². The van der Waals surface area contributed by atoms with E-state index in [0.29, 0.717) is 16.5 Å². The van der Waals surface area contributed by atoms with E-state index in [2.05, 4.69) is 26.5 Å². The summed E-state index contributed by atoms with van der Waals surface area (Å²) in [7, 11) is 1.59. The highest BCUT2D eigenvalue weighted by molar-refractivity contribution is 9.10. The number of amides is 1. The molecular formula is C17H16BrClN2O2S. The summed E-state index contributed by atoms with van der Waals surface area (Å²) in [6.45, 7) is 0. The van der Waals surface area contributed by atoms with Crippen molar-refractivity contribution in [2.24, 2.45) is 5.10 Å². The molecule has 0 atom stereocenters. The number of methoxy groups -OCH3 is 1. The molecule has 1 N–H and O–H groups in total. The average Bonchev–Trinajstić information content (AvgIpc) is 2.57. The molecule has 7 heteroatoms. The number of ether oxygens (including phenoxy) is 1. The SMILES string of the molecule is COc1ccc(Br)cc1/C=N/NC(=O)CSCc1ccc(Cl)cc1. The fourth-order valence-corrected chi connectivity index (χ4v) is 3.14. The van der Waals surface area contributed by atoms with Crippen molar-refractivity contribution in [3.63, 3.8) is 0 Å². The lowest BCUT2D eigenvalue weighted by atomic mass is 10.2. The van der Waals surface area contributed by atoms with E-state index >= 15 is 0 Å². The minimum absolute atomic E-state index is 0.154. The smallest absolute Gasteiger partial charge is 0.250 e. The largest absolute Gasteiger partial charge is 0.496 e. The van der Waals surface area contributed by atoms with E-state index < -0.39 is 0 Å². The van der Waals surface area contributed by atoms with E-state index in [-0.39, 0.29) is 5.91 Å². The molecule has 0 aromatic heterocycles. The van der Waals surface area contributed by atoms with Crippen LogP contribution in [0.1, 0.15) is 11.1 Å². The number of carbonyl (C=O) groups excluding carboxylic acids is 1. The third-order valence-corrected chi connectivity index (χ3v) is 4.75. The highest BCUT2D eigenvalue weighted by atomic mass is 79.9. The molecule has 126 valence electrons. The lowest BCUT2D eigenvalue weighted by Gasteiger charge is -2.05. The van der Waals surface area contributed by atoms with Crippen LogP contribution in [0.2, 0.25) is 5.02 Å². The summed E-state index contributed by atoms with van der Waals surface area (Å²) in [6, 6.07) is 13.2. The molecule has 0 radical (unpaired) electrons. The van der Waals surface area contributed by atoms with Gasteiger partial charge in [0.2, 0.25) is 5.91 Å². The third-order valence-electron chi connectivity index (χ3n) is 3.00. The van der Waals surface area contributed by atoms with Crippen molar-refractivity contribution in [2.45, 2.75) is 5.75 Å². The first-order valence-electron chi connectivity index (χ1n) is 7.06. The maximum Gasteiger partial charge on any atom is 0.250 e. The molecule has 0 spiro atoms. The quantitative estimate of drug-likeness (QED) is 0.523. The van der Waals surface area contributed by atoms with Crippen LogP contribution in [0.15, 0.2) is 52.0 Å². The van der Waals surface area contributed by atoms with Gasteiger partial charge < -0.3 is 4.74 Å². The van der Waals surface area contributed by atoms with Gasteiger partial charge in [-0.15, -0.1) is 11.8 Å². The van der Waals surface area contributed by atoms with Crippen LogP contribution in [0.5, 0.6) is 5.75 Å². The van der Waals surface area contributed by atoms with Crippen LogP contribution in [0.25, 0.3) is 0 Å². The summed E-state index contributed by atoms with van der Waals surface area (Å²) < 4.78 is 6.15. The van der Waals surface area contributed by atoms with Gasteiger partial charge in [0.1, 0.15) is 5.75 Å². The standard InChI is InChI=1S/C17H16BrClN2O2S/c1-23-16-7-4-14(18)8-13(16)9-20-21-17(22)11-24-10-12-2-5-15(19)6-3-12/h2-9H,10-11H2,1H3,(H,21,22)/b20-9+. The number of nitrogens with one attached hydrogen (secondary N) is 1. The zero-order chi connectivity index (χ0) is 17.4. The predicted octanol–water partition coefficient (Wildman–Crippen LogP) is 4.49. The maximum atomic E-state index is 11.8. The second kappa shape index (κ2) is 9.71. The van der Waals surface area contributed by atoms with E-state index in [1.807, 2.05) is 42.5 Å². The second-order valence-electron chi connectivity index (χ2n) is 4.80. The number of carbonyl (C=O) groups is 1. The number of thioether (sulfide) groups is 1. The van der Waals surface area contributed by atoms with E-state index in [1.54, 1.807) is 13.3 Å². The zero-order valence-corrected chi connectivity index (χ0v) is 16.1. The number of benzene rings is 2. The number of hydrogen-bond donors (Lipinski definition) is 1. The molecule has 0 unspecified atom stereocenters. The Morgan fingerprint density at radius 1 is 1.33 bits per heavy atom. The molecule has 2 aromatic rings. The Bertz CT molecular complexity index is 723. The van der Waals surface area contributed by atoms with E-state index in [1.165, 1.54) is 11.8 Å². The molecular weight excluding hydrogens is 412 g/mol. The molecule has 0 aliphatic carbocycles. The Morgan fingerprint density at radius 3 is 2.79 bits per heavy atom. The van der Waals surface area contributed by atoms with Crippen LogP contribution >= 0.6 is 39.3 Å². The highest BCUT2D eigenvalue weighted by Gasteiger charge is 2.03. The summed E-state index contributed by atoms with van der Waals surface area (Å²) in [6.07, 6.45) is 1.56. The summed E-state index contributed by atoms with van der Waals surface area (Å²) in [5.74, 6) is 1.61. The van der Waals surface area contributed by atoms with E-state index in [9.17, 15) is 4.79 Å². The number of hydrazone groups is 1. The van der Waals surface area contributed by atoms with Gasteiger partial charge in [-0.2, -0.15) is 5.10 Å². The van der Waals surface area contributed by atoms with Crippen molar-refractivity contribution in [2.75, 3.05) is 12.9 Å². The van der Waals surface area contributed by atoms with Crippen molar-refractivity contribution < 1.29 is 9.53 Å². The van der Waals surface area contributed by atoms with Crippen molar-refractivity contribution in [3.05, 3.63) is 63.1 Å². The topological polar surface area (TPSA) is 50.7 Å². The molecule has 2 rings (SSSR count). The summed E-state index contributed by atoms with van der Waals surface area (Å²) in [4.78, 5) is 11.8. The number of hydrogen-bond acceptors (Lipinski definition) is 4. The van der Waals surface area contributed by atoms with Crippen LogP contribution in [0, 0.1) is 0 Å². The maximum absolute atomic E-state index is 11.8. The first-order chi connectivity index (χ1) is 11.6. The van der Waals surface area contributed by atoms with Crippen molar-refractivity contribution in [1.82, 2.24) is 5.43 Å². The molecule has 2 aromatic carbocycles. The molecule has 0 heterocycles. The number of nitrogens with zero attached hydrogens (tertiary/aromatic N) is 1. The highest BCUT2D eigenvalue weighted by Crippen LogP contribution is 2.21. The average molecular weight is 428 g/mol. The van der Waals surface area contributed by atoms with Crippen molar-refractivity contribution in [1.29, 1.82) is 0 Å². The molecule has 0 aliphatic heterocycles. The van der Waals surface area contributed by atoms with Crippen LogP contribution < -0.4 is 10.2 Å². The van der Waals surface area contributed by atoms with Gasteiger partial charge in [-0.1, -0.05) is 39.7 Å². The summed E-state index contributed by atoms with van der Waals surface area (Å²) in [5.41, 5.74) is 4.42. The molecule has 0 aliphatic rings. The van der Waals surface area contributed by atoms with Gasteiger partial charge in [-0.25, -0.2) is 5.43 Å². The fraction of sp³-hybridized carbons (Fsp3) is 0.176. The number of halogens is 2. The van der Waals surface area contributed by atoms with Gasteiger partial charge in [-0.3, -0.25) is 4.79 Å². The zero-order valence-electron chi connectivity index (χ0n) is 13.0. The van der Waals surface area contributed by atoms with E-state index in [0.717, 1.165) is 21.4 Å². The summed E-state index contributed by atoms with van der Waals surface area (Å²) in [5, 5.41) is 4.68. The first kappa shape index (κ1) is 18.8. The minimum atomic E-state index is -0.154. The van der Waals surface area contributed by atoms with Crippen molar-refractivity contribution in [3.8, 4) is 5.75 Å². The Labute approximate surface area is 158 Å². The number of rotatable bonds is 7. The van der Waals surface area contributed by atoms with Crippen LogP contribution in [0.4, 0.5) is 0 Å². The molecule has 0 saturated heterocycles. The normalized spacial score (nSPS) is 10.8. The Balaban J connectivity index is 1.78. The van der Waals surface area contributed by atoms with Crippen LogP contribution in [-0.4, -0.2) is 25.0 Å². The molecule has 0 fully saturated rings. The first-order valence-corrected chi connectivity index (χ1v) is 9.38. The second-order valence-corrected chi connectivity index (χ2v) is 7.14. The fourth-order valence-electron chi connectivity index (χ4n) is 1.85. The minimum Gasteiger partial charge on any atom is -0.496 e. The van der Waals surface area contributed by atoms with Crippen molar-refractivity contribution >= 4 is 51.4 Å². The van der Waals surface area contributed by atoms with Gasteiger partial charge in [0, 0.05) is 20.8 Å². The molecule has 24 heavy (non-hydrogen) atoms. The predicted molar refractivity (Wildman–Crippen MR) is 104 cm³/mol. The summed E-state index contributed by atoms with van der Waals surface area (Å²) >= 11 is 10.7. The Morgan fingerprint density at radius 2 is 2.08 bits per heavy atom. The van der Waals surface area contributed by atoms with Crippen LogP contribution in [0.3, 0.4) is 0 Å². The Kier molecular flexibility index (Phi) is 7.62. The third kappa shape index (κ3) is 6.19.